The van der Waals surface area contributed by atoms with Crippen LogP contribution in [-0.4, -0.2) is 51.4 Å². The Morgan fingerprint density at radius 1 is 1.12 bits per heavy atom. The number of amides is 1. The lowest BCUT2D eigenvalue weighted by atomic mass is 10.1. The van der Waals surface area contributed by atoms with Crippen molar-refractivity contribution in [3.05, 3.63) is 41.9 Å². The molecule has 4 heterocycles. The van der Waals surface area contributed by atoms with E-state index in [1.165, 1.54) is 44.3 Å². The number of furan rings is 1. The highest BCUT2D eigenvalue weighted by molar-refractivity contribution is 5.93. The van der Waals surface area contributed by atoms with Gasteiger partial charge in [0.15, 0.2) is 0 Å². The third kappa shape index (κ3) is 3.11. The van der Waals surface area contributed by atoms with Crippen molar-refractivity contribution in [2.45, 2.75) is 38.8 Å². The maximum Gasteiger partial charge on any atom is 0.257 e. The van der Waals surface area contributed by atoms with Gasteiger partial charge in [0.1, 0.15) is 12.1 Å². The highest BCUT2D eigenvalue weighted by Crippen LogP contribution is 2.17. The zero-order valence-corrected chi connectivity index (χ0v) is 14.0. The standard InChI is InChI=1S/C18H24N4O2/c23-18(15-5-11-24-14-15)21-8-4-17-19-12-16(22(17)10-9-21)13-20-6-2-1-3-7-20/h5,11-12,14H,1-4,6-10,13H2. The summed E-state index contributed by atoms with van der Waals surface area (Å²) in [6, 6.07) is 1.73. The van der Waals surface area contributed by atoms with E-state index in [0.29, 0.717) is 12.1 Å². The maximum atomic E-state index is 12.5. The van der Waals surface area contributed by atoms with Gasteiger partial charge in [0.2, 0.25) is 0 Å². The number of piperidine rings is 1. The number of hydrogen-bond acceptors (Lipinski definition) is 4. The summed E-state index contributed by atoms with van der Waals surface area (Å²) in [6.07, 6.45) is 9.86. The average Bonchev–Trinajstić information content (AvgIpc) is 3.22. The van der Waals surface area contributed by atoms with Crippen molar-refractivity contribution in [3.8, 4) is 0 Å². The third-order valence-electron chi connectivity index (χ3n) is 5.11. The zero-order valence-electron chi connectivity index (χ0n) is 14.0. The fourth-order valence-electron chi connectivity index (χ4n) is 3.74. The van der Waals surface area contributed by atoms with Crippen LogP contribution in [0.15, 0.2) is 29.2 Å². The van der Waals surface area contributed by atoms with Crippen LogP contribution in [0, 0.1) is 0 Å². The molecule has 0 radical (unpaired) electrons. The topological polar surface area (TPSA) is 54.5 Å². The number of fused-ring (bicyclic) bond motifs is 1. The Morgan fingerprint density at radius 2 is 2.00 bits per heavy atom. The van der Waals surface area contributed by atoms with Crippen molar-refractivity contribution in [3.63, 3.8) is 0 Å². The van der Waals surface area contributed by atoms with Crippen LogP contribution in [0.4, 0.5) is 0 Å². The first-order chi connectivity index (χ1) is 11.8. The second kappa shape index (κ2) is 6.81. The molecule has 0 aromatic carbocycles. The summed E-state index contributed by atoms with van der Waals surface area (Å²) in [5.74, 6) is 1.15. The van der Waals surface area contributed by atoms with Crippen molar-refractivity contribution in [2.75, 3.05) is 26.2 Å². The van der Waals surface area contributed by atoms with E-state index < -0.39 is 0 Å². The van der Waals surface area contributed by atoms with E-state index in [4.69, 9.17) is 4.42 Å². The molecule has 1 amide bonds. The van der Waals surface area contributed by atoms with E-state index in [1.54, 1.807) is 12.3 Å². The molecule has 1 saturated heterocycles. The molecule has 24 heavy (non-hydrogen) atoms. The normalized spacial score (nSPS) is 19.1. The first kappa shape index (κ1) is 15.4. The van der Waals surface area contributed by atoms with Crippen LogP contribution in [0.2, 0.25) is 0 Å². The summed E-state index contributed by atoms with van der Waals surface area (Å²) in [4.78, 5) is 21.6. The molecule has 0 unspecified atom stereocenters. The summed E-state index contributed by atoms with van der Waals surface area (Å²) in [5, 5.41) is 0. The third-order valence-corrected chi connectivity index (χ3v) is 5.11. The Kier molecular flexibility index (Phi) is 4.38. The Hall–Kier alpha value is -2.08. The van der Waals surface area contributed by atoms with Crippen molar-refractivity contribution in [1.29, 1.82) is 0 Å². The number of imidazole rings is 1. The highest BCUT2D eigenvalue weighted by atomic mass is 16.3. The summed E-state index contributed by atoms with van der Waals surface area (Å²) < 4.78 is 7.35. The van der Waals surface area contributed by atoms with Gasteiger partial charge in [0.25, 0.3) is 5.91 Å². The van der Waals surface area contributed by atoms with E-state index in [-0.39, 0.29) is 5.91 Å². The van der Waals surface area contributed by atoms with Gasteiger partial charge in [0, 0.05) is 38.8 Å². The van der Waals surface area contributed by atoms with E-state index in [0.717, 1.165) is 31.9 Å². The highest BCUT2D eigenvalue weighted by Gasteiger charge is 2.23. The second-order valence-corrected chi connectivity index (χ2v) is 6.71. The molecule has 2 aromatic rings. The van der Waals surface area contributed by atoms with E-state index >= 15 is 0 Å². The lowest BCUT2D eigenvalue weighted by Gasteiger charge is -2.26. The molecular formula is C18H24N4O2. The van der Waals surface area contributed by atoms with Crippen LogP contribution in [0.5, 0.6) is 0 Å². The molecule has 2 aliphatic heterocycles. The molecule has 0 saturated carbocycles. The summed E-state index contributed by atoms with van der Waals surface area (Å²) in [5.41, 5.74) is 1.91. The number of aromatic nitrogens is 2. The quantitative estimate of drug-likeness (QED) is 0.866. The van der Waals surface area contributed by atoms with Crippen molar-refractivity contribution in [1.82, 2.24) is 19.4 Å². The minimum atomic E-state index is 0.0482. The number of likely N-dealkylation sites (tertiary alicyclic amines) is 1. The number of carbonyl (C=O) groups excluding carboxylic acids is 1. The Balaban J connectivity index is 1.44. The van der Waals surface area contributed by atoms with Gasteiger partial charge in [-0.2, -0.15) is 0 Å². The zero-order chi connectivity index (χ0) is 16.4. The molecule has 0 N–H and O–H groups in total. The van der Waals surface area contributed by atoms with E-state index in [2.05, 4.69) is 14.5 Å². The Labute approximate surface area is 142 Å². The van der Waals surface area contributed by atoms with Gasteiger partial charge in [-0.1, -0.05) is 6.42 Å². The number of nitrogens with zero attached hydrogens (tertiary/aromatic N) is 4. The lowest BCUT2D eigenvalue weighted by molar-refractivity contribution is 0.0758. The van der Waals surface area contributed by atoms with E-state index in [9.17, 15) is 4.79 Å². The predicted molar refractivity (Wildman–Crippen MR) is 89.7 cm³/mol. The van der Waals surface area contributed by atoms with E-state index in [1.807, 2.05) is 11.1 Å². The molecule has 6 nitrogen and oxygen atoms in total. The fraction of sp³-hybridized carbons (Fsp3) is 0.556. The average molecular weight is 328 g/mol. The summed E-state index contributed by atoms with van der Waals surface area (Å²) in [6.45, 7) is 5.60. The van der Waals surface area contributed by atoms with Crippen molar-refractivity contribution < 1.29 is 9.21 Å². The minimum absolute atomic E-state index is 0.0482. The van der Waals surface area contributed by atoms with Crippen LogP contribution in [0.1, 0.15) is 41.1 Å². The van der Waals surface area contributed by atoms with Crippen molar-refractivity contribution in [2.24, 2.45) is 0 Å². The molecule has 0 bridgehead atoms. The molecule has 2 aliphatic rings. The largest absolute Gasteiger partial charge is 0.472 e. The molecule has 1 fully saturated rings. The number of hydrogen-bond donors (Lipinski definition) is 0. The summed E-state index contributed by atoms with van der Waals surface area (Å²) in [7, 11) is 0. The van der Waals surface area contributed by atoms with Crippen LogP contribution in [0.25, 0.3) is 0 Å². The first-order valence-corrected chi connectivity index (χ1v) is 8.88. The predicted octanol–water partition coefficient (Wildman–Crippen LogP) is 2.16. The maximum absolute atomic E-state index is 12.5. The molecule has 4 rings (SSSR count). The molecular weight excluding hydrogens is 304 g/mol. The van der Waals surface area contributed by atoms with Gasteiger partial charge in [-0.3, -0.25) is 9.69 Å². The van der Waals surface area contributed by atoms with Crippen LogP contribution >= 0.6 is 0 Å². The Morgan fingerprint density at radius 3 is 2.79 bits per heavy atom. The molecule has 0 atom stereocenters. The van der Waals surface area contributed by atoms with Crippen LogP contribution in [0.3, 0.4) is 0 Å². The second-order valence-electron chi connectivity index (χ2n) is 6.71. The van der Waals surface area contributed by atoms with Crippen molar-refractivity contribution >= 4 is 5.91 Å². The molecule has 6 heteroatoms. The first-order valence-electron chi connectivity index (χ1n) is 8.88. The molecule has 0 spiro atoms. The van der Waals surface area contributed by atoms with Gasteiger partial charge in [0.05, 0.1) is 17.5 Å². The molecule has 0 aliphatic carbocycles. The number of rotatable bonds is 3. The van der Waals surface area contributed by atoms with Gasteiger partial charge >= 0.3 is 0 Å². The Bertz CT molecular complexity index is 686. The smallest absolute Gasteiger partial charge is 0.257 e. The van der Waals surface area contributed by atoms with Crippen LogP contribution in [-0.2, 0) is 19.5 Å². The monoisotopic (exact) mass is 328 g/mol. The molecule has 2 aromatic heterocycles. The summed E-state index contributed by atoms with van der Waals surface area (Å²) >= 11 is 0. The van der Waals surface area contributed by atoms with Gasteiger partial charge in [-0.15, -0.1) is 0 Å². The number of carbonyl (C=O) groups is 1. The SMILES string of the molecule is O=C(c1ccoc1)N1CCc2ncc(CN3CCCCC3)n2CC1. The fourth-order valence-corrected chi connectivity index (χ4v) is 3.74. The van der Waals surface area contributed by atoms with Gasteiger partial charge in [-0.25, -0.2) is 4.98 Å². The van der Waals surface area contributed by atoms with Gasteiger partial charge < -0.3 is 13.9 Å². The molecule has 128 valence electrons. The van der Waals surface area contributed by atoms with Gasteiger partial charge in [-0.05, 0) is 32.0 Å². The van der Waals surface area contributed by atoms with Crippen LogP contribution < -0.4 is 0 Å². The minimum Gasteiger partial charge on any atom is -0.472 e. The lowest BCUT2D eigenvalue weighted by Crippen LogP contribution is -2.33.